The molecule has 3 nitrogen and oxygen atoms in total. The summed E-state index contributed by atoms with van der Waals surface area (Å²) in [6.07, 6.45) is 2.60. The molecule has 1 aliphatic rings. The van der Waals surface area contributed by atoms with E-state index in [1.54, 1.807) is 11.3 Å². The Morgan fingerprint density at radius 1 is 1.77 bits per heavy atom. The third-order valence-electron chi connectivity index (χ3n) is 2.55. The van der Waals surface area contributed by atoms with E-state index in [1.165, 1.54) is 0 Å². The standard InChI is InChI=1S/C9H14N2OS/c1-7(9-10-3-5-13-9)11-4-2-8(12)6-11/h3,5,7-8,12H,2,4,6H2,1H3/t7?,8-/m0/s1. The van der Waals surface area contributed by atoms with Crippen LogP contribution in [0.2, 0.25) is 0 Å². The summed E-state index contributed by atoms with van der Waals surface area (Å²) in [4.78, 5) is 6.56. The molecule has 1 saturated heterocycles. The Bertz CT molecular complexity index is 263. The summed E-state index contributed by atoms with van der Waals surface area (Å²) in [5.74, 6) is 0. The number of rotatable bonds is 2. The van der Waals surface area contributed by atoms with Crippen LogP contribution in [-0.2, 0) is 0 Å². The largest absolute Gasteiger partial charge is 0.392 e. The number of hydrogen-bond donors (Lipinski definition) is 1. The van der Waals surface area contributed by atoms with Gasteiger partial charge in [0.05, 0.1) is 12.1 Å². The molecular formula is C9H14N2OS. The minimum atomic E-state index is -0.137. The molecule has 1 aromatic rings. The Balaban J connectivity index is 2.02. The molecule has 4 heteroatoms. The molecule has 0 aliphatic carbocycles. The number of aromatic nitrogens is 1. The Morgan fingerprint density at radius 2 is 2.62 bits per heavy atom. The molecule has 0 saturated carbocycles. The first-order chi connectivity index (χ1) is 6.27. The molecule has 0 spiro atoms. The van der Waals surface area contributed by atoms with E-state index in [0.29, 0.717) is 6.04 Å². The molecule has 0 aromatic carbocycles. The number of nitrogens with zero attached hydrogens (tertiary/aromatic N) is 2. The summed E-state index contributed by atoms with van der Waals surface area (Å²) in [5.41, 5.74) is 0. The van der Waals surface area contributed by atoms with Gasteiger partial charge in [0.25, 0.3) is 0 Å². The second-order valence-corrected chi connectivity index (χ2v) is 4.41. The van der Waals surface area contributed by atoms with E-state index in [0.717, 1.165) is 24.5 Å². The summed E-state index contributed by atoms with van der Waals surface area (Å²) in [6.45, 7) is 3.93. The summed E-state index contributed by atoms with van der Waals surface area (Å²) >= 11 is 1.68. The van der Waals surface area contributed by atoms with Gasteiger partial charge in [-0.15, -0.1) is 11.3 Å². The van der Waals surface area contributed by atoms with E-state index in [2.05, 4.69) is 16.8 Å². The van der Waals surface area contributed by atoms with Crippen molar-refractivity contribution < 1.29 is 5.11 Å². The number of aliphatic hydroxyl groups excluding tert-OH is 1. The lowest BCUT2D eigenvalue weighted by Gasteiger charge is -2.21. The molecule has 0 radical (unpaired) electrons. The Hall–Kier alpha value is -0.450. The highest BCUT2D eigenvalue weighted by Gasteiger charge is 2.26. The van der Waals surface area contributed by atoms with Crippen LogP contribution in [-0.4, -0.2) is 34.2 Å². The molecule has 2 atom stereocenters. The van der Waals surface area contributed by atoms with Crippen molar-refractivity contribution in [2.75, 3.05) is 13.1 Å². The molecule has 0 bridgehead atoms. The zero-order valence-corrected chi connectivity index (χ0v) is 8.50. The van der Waals surface area contributed by atoms with Gasteiger partial charge in [-0.25, -0.2) is 4.98 Å². The van der Waals surface area contributed by atoms with Gasteiger partial charge in [0, 0.05) is 24.7 Å². The van der Waals surface area contributed by atoms with Gasteiger partial charge in [-0.3, -0.25) is 4.90 Å². The number of hydrogen-bond acceptors (Lipinski definition) is 4. The first-order valence-electron chi connectivity index (χ1n) is 4.59. The second-order valence-electron chi connectivity index (χ2n) is 3.48. The van der Waals surface area contributed by atoms with Gasteiger partial charge in [-0.05, 0) is 13.3 Å². The highest BCUT2D eigenvalue weighted by Crippen LogP contribution is 2.25. The van der Waals surface area contributed by atoms with Gasteiger partial charge in [0.2, 0.25) is 0 Å². The summed E-state index contributed by atoms with van der Waals surface area (Å²) in [6, 6.07) is 0.358. The maximum Gasteiger partial charge on any atom is 0.109 e. The van der Waals surface area contributed by atoms with Crippen LogP contribution >= 0.6 is 11.3 Å². The van der Waals surface area contributed by atoms with E-state index in [-0.39, 0.29) is 6.10 Å². The Labute approximate surface area is 82.0 Å². The van der Waals surface area contributed by atoms with Crippen LogP contribution in [0, 0.1) is 0 Å². The van der Waals surface area contributed by atoms with E-state index < -0.39 is 0 Å². The van der Waals surface area contributed by atoms with Gasteiger partial charge < -0.3 is 5.11 Å². The van der Waals surface area contributed by atoms with E-state index >= 15 is 0 Å². The van der Waals surface area contributed by atoms with Crippen molar-refractivity contribution in [3.05, 3.63) is 16.6 Å². The van der Waals surface area contributed by atoms with Gasteiger partial charge in [0.15, 0.2) is 0 Å². The van der Waals surface area contributed by atoms with Gasteiger partial charge in [-0.1, -0.05) is 0 Å². The minimum absolute atomic E-state index is 0.137. The first-order valence-corrected chi connectivity index (χ1v) is 5.47. The molecular weight excluding hydrogens is 184 g/mol. The lowest BCUT2D eigenvalue weighted by molar-refractivity contribution is 0.163. The molecule has 2 heterocycles. The van der Waals surface area contributed by atoms with E-state index in [1.807, 2.05) is 11.6 Å². The van der Waals surface area contributed by atoms with Crippen LogP contribution in [0.3, 0.4) is 0 Å². The fourth-order valence-electron chi connectivity index (χ4n) is 1.72. The fraction of sp³-hybridized carbons (Fsp3) is 0.667. The average molecular weight is 198 g/mol. The second kappa shape index (κ2) is 3.74. The summed E-state index contributed by atoms with van der Waals surface area (Å²) in [5, 5.41) is 12.5. The molecule has 13 heavy (non-hydrogen) atoms. The average Bonchev–Trinajstić information content (AvgIpc) is 2.72. The quantitative estimate of drug-likeness (QED) is 0.777. The zero-order chi connectivity index (χ0) is 9.26. The van der Waals surface area contributed by atoms with Gasteiger partial charge in [0.1, 0.15) is 5.01 Å². The molecule has 1 unspecified atom stereocenters. The van der Waals surface area contributed by atoms with Crippen molar-refractivity contribution in [1.82, 2.24) is 9.88 Å². The number of likely N-dealkylation sites (tertiary alicyclic amines) is 1. The molecule has 1 aromatic heterocycles. The number of thiazole rings is 1. The molecule has 1 aliphatic heterocycles. The maximum atomic E-state index is 9.39. The normalized spacial score (nSPS) is 26.5. The van der Waals surface area contributed by atoms with Crippen LogP contribution in [0.1, 0.15) is 24.4 Å². The topological polar surface area (TPSA) is 36.4 Å². The van der Waals surface area contributed by atoms with Crippen LogP contribution in [0.5, 0.6) is 0 Å². The number of aliphatic hydroxyl groups is 1. The third-order valence-corrected chi connectivity index (χ3v) is 3.50. The van der Waals surface area contributed by atoms with E-state index in [9.17, 15) is 5.11 Å². The van der Waals surface area contributed by atoms with Crippen molar-refractivity contribution in [2.24, 2.45) is 0 Å². The van der Waals surface area contributed by atoms with Gasteiger partial charge in [-0.2, -0.15) is 0 Å². The Morgan fingerprint density at radius 3 is 3.15 bits per heavy atom. The van der Waals surface area contributed by atoms with Crippen molar-refractivity contribution in [3.63, 3.8) is 0 Å². The summed E-state index contributed by atoms with van der Waals surface area (Å²) in [7, 11) is 0. The predicted molar refractivity (Wildman–Crippen MR) is 52.7 cm³/mol. The van der Waals surface area contributed by atoms with E-state index in [4.69, 9.17) is 0 Å². The van der Waals surface area contributed by atoms with Gasteiger partial charge >= 0.3 is 0 Å². The molecule has 1 N–H and O–H groups in total. The van der Waals surface area contributed by atoms with Crippen LogP contribution < -0.4 is 0 Å². The SMILES string of the molecule is CC(c1nccs1)N1CC[C@H](O)C1. The maximum absolute atomic E-state index is 9.39. The lowest BCUT2D eigenvalue weighted by atomic mass is 10.3. The predicted octanol–water partition coefficient (Wildman–Crippen LogP) is 1.27. The zero-order valence-electron chi connectivity index (χ0n) is 7.68. The molecule has 0 amide bonds. The van der Waals surface area contributed by atoms with Crippen LogP contribution in [0.25, 0.3) is 0 Å². The molecule has 72 valence electrons. The van der Waals surface area contributed by atoms with Crippen molar-refractivity contribution >= 4 is 11.3 Å². The molecule has 1 fully saturated rings. The highest BCUT2D eigenvalue weighted by atomic mass is 32.1. The minimum Gasteiger partial charge on any atom is -0.392 e. The highest BCUT2D eigenvalue weighted by molar-refractivity contribution is 7.09. The fourth-order valence-corrected chi connectivity index (χ4v) is 2.45. The van der Waals surface area contributed by atoms with Crippen molar-refractivity contribution in [2.45, 2.75) is 25.5 Å². The third kappa shape index (κ3) is 1.90. The monoisotopic (exact) mass is 198 g/mol. The lowest BCUT2D eigenvalue weighted by Crippen LogP contribution is -2.25. The number of β-amino-alcohol motifs (C(OH)–C–C–N with tert-alkyl or cyclic N) is 1. The van der Waals surface area contributed by atoms with Crippen molar-refractivity contribution in [1.29, 1.82) is 0 Å². The van der Waals surface area contributed by atoms with Crippen LogP contribution in [0.15, 0.2) is 11.6 Å². The Kier molecular flexibility index (Phi) is 2.62. The first kappa shape index (κ1) is 9.12. The van der Waals surface area contributed by atoms with Crippen LogP contribution in [0.4, 0.5) is 0 Å². The smallest absolute Gasteiger partial charge is 0.109 e. The van der Waals surface area contributed by atoms with Crippen molar-refractivity contribution in [3.8, 4) is 0 Å². The summed E-state index contributed by atoms with van der Waals surface area (Å²) < 4.78 is 0. The molecule has 2 rings (SSSR count).